The van der Waals surface area contributed by atoms with Gasteiger partial charge < -0.3 is 0 Å². The number of fused-ring (bicyclic) bond motifs is 3. The van der Waals surface area contributed by atoms with Crippen molar-refractivity contribution in [3.8, 4) is 11.1 Å². The molecule has 4 nitrogen and oxygen atoms in total. The molecule has 3 aromatic rings. The van der Waals surface area contributed by atoms with Crippen molar-refractivity contribution >= 4 is 33.5 Å². The van der Waals surface area contributed by atoms with Crippen LogP contribution in [-0.2, 0) is 0 Å². The molecule has 0 saturated heterocycles. The predicted octanol–water partition coefficient (Wildman–Crippen LogP) is 5.81. The molecule has 4 rings (SSSR count). The summed E-state index contributed by atoms with van der Waals surface area (Å²) in [6.45, 7) is 0. The van der Waals surface area contributed by atoms with E-state index < -0.39 is 4.92 Å². The zero-order valence-corrected chi connectivity index (χ0v) is 14.7. The first-order valence-electron chi connectivity index (χ1n) is 7.79. The Labute approximate surface area is 153 Å². The van der Waals surface area contributed by atoms with Crippen LogP contribution in [0.15, 0.2) is 71.7 Å². The minimum Gasteiger partial charge on any atom is -0.258 e. The number of non-ortho nitro benzene ring substituents is 1. The van der Waals surface area contributed by atoms with Gasteiger partial charge in [0.1, 0.15) is 0 Å². The maximum atomic E-state index is 10.7. The van der Waals surface area contributed by atoms with Crippen LogP contribution in [-0.4, -0.2) is 11.1 Å². The molecule has 1 aliphatic carbocycles. The van der Waals surface area contributed by atoms with Gasteiger partial charge in [-0.15, -0.1) is 0 Å². The Morgan fingerprint density at radius 3 is 2.44 bits per heavy atom. The van der Waals surface area contributed by atoms with Gasteiger partial charge in [-0.2, -0.15) is 0 Å². The van der Waals surface area contributed by atoms with Gasteiger partial charge in [-0.3, -0.25) is 15.1 Å². The fourth-order valence-electron chi connectivity index (χ4n) is 3.05. The fourth-order valence-corrected chi connectivity index (χ4v) is 3.83. The first-order valence-corrected chi connectivity index (χ1v) is 8.71. The smallest absolute Gasteiger partial charge is 0.258 e. The van der Waals surface area contributed by atoms with E-state index in [-0.39, 0.29) is 10.5 Å². The highest BCUT2D eigenvalue weighted by Gasteiger charge is 2.26. The van der Waals surface area contributed by atoms with Crippen LogP contribution in [0.2, 0.25) is 0 Å². The summed E-state index contributed by atoms with van der Waals surface area (Å²) in [4.78, 5) is 15.0. The van der Waals surface area contributed by atoms with Gasteiger partial charge in [0.05, 0.1) is 15.4 Å². The second-order valence-corrected chi connectivity index (χ2v) is 6.74. The Bertz CT molecular complexity index is 997. The first kappa shape index (κ1) is 15.7. The van der Waals surface area contributed by atoms with Crippen LogP contribution in [0.4, 0.5) is 11.4 Å². The second-order valence-electron chi connectivity index (χ2n) is 5.83. The summed E-state index contributed by atoms with van der Waals surface area (Å²) in [5.74, 6) is 0. The summed E-state index contributed by atoms with van der Waals surface area (Å²) in [5, 5.41) is 10.7. The number of hydrogen-bond acceptors (Lipinski definition) is 3. The zero-order valence-electron chi connectivity index (χ0n) is 13.1. The lowest BCUT2D eigenvalue weighted by atomic mass is 10.1. The molecule has 25 heavy (non-hydrogen) atoms. The van der Waals surface area contributed by atoms with E-state index in [1.165, 1.54) is 34.4 Å². The highest BCUT2D eigenvalue weighted by Crippen LogP contribution is 2.48. The lowest BCUT2D eigenvalue weighted by Gasteiger charge is -2.05. The minimum absolute atomic E-state index is 0.0783. The quantitative estimate of drug-likeness (QED) is 0.244. The molecule has 0 N–H and O–H groups in total. The number of hydrogen-bond donors (Lipinski definition) is 0. The SMILES string of the molecule is O=[N+]([O-])c1ccc(C=Nc2ccc3c(c2)C(Br)c2ccccc2-3)cc1. The highest BCUT2D eigenvalue weighted by atomic mass is 79.9. The van der Waals surface area contributed by atoms with E-state index >= 15 is 0 Å². The predicted molar refractivity (Wildman–Crippen MR) is 103 cm³/mol. The normalized spacial score (nSPS) is 15.2. The Balaban J connectivity index is 1.62. The van der Waals surface area contributed by atoms with E-state index in [2.05, 4.69) is 45.2 Å². The summed E-state index contributed by atoms with van der Waals surface area (Å²) in [5.41, 5.74) is 6.72. The molecule has 0 heterocycles. The molecule has 1 unspecified atom stereocenters. The van der Waals surface area contributed by atoms with Gasteiger partial charge in [0.25, 0.3) is 5.69 Å². The number of nitrogens with zero attached hydrogens (tertiary/aromatic N) is 2. The molecule has 0 spiro atoms. The summed E-state index contributed by atoms with van der Waals surface area (Å²) < 4.78 is 0. The molecule has 5 heteroatoms. The first-order chi connectivity index (χ1) is 12.1. The summed E-state index contributed by atoms with van der Waals surface area (Å²) in [7, 11) is 0. The number of rotatable bonds is 3. The van der Waals surface area contributed by atoms with Gasteiger partial charge in [0.15, 0.2) is 0 Å². The monoisotopic (exact) mass is 392 g/mol. The molecule has 1 aliphatic rings. The Morgan fingerprint density at radius 1 is 0.960 bits per heavy atom. The summed E-state index contributed by atoms with van der Waals surface area (Å²) >= 11 is 3.77. The molecular weight excluding hydrogens is 380 g/mol. The molecule has 0 amide bonds. The molecule has 0 aliphatic heterocycles. The van der Waals surface area contributed by atoms with Crippen molar-refractivity contribution in [2.75, 3.05) is 0 Å². The van der Waals surface area contributed by atoms with E-state index in [9.17, 15) is 10.1 Å². The van der Waals surface area contributed by atoms with Gasteiger partial charge in [0, 0.05) is 18.3 Å². The van der Waals surface area contributed by atoms with Crippen molar-refractivity contribution in [1.29, 1.82) is 0 Å². The number of nitro benzene ring substituents is 1. The van der Waals surface area contributed by atoms with Gasteiger partial charge in [0.2, 0.25) is 0 Å². The van der Waals surface area contributed by atoms with E-state index in [1.54, 1.807) is 18.3 Å². The van der Waals surface area contributed by atoms with Crippen molar-refractivity contribution < 1.29 is 4.92 Å². The number of benzene rings is 3. The minimum atomic E-state index is -0.408. The van der Waals surface area contributed by atoms with Crippen LogP contribution in [0.25, 0.3) is 11.1 Å². The van der Waals surface area contributed by atoms with Crippen LogP contribution in [0.1, 0.15) is 21.5 Å². The third kappa shape index (κ3) is 2.87. The van der Waals surface area contributed by atoms with Crippen LogP contribution in [0, 0.1) is 10.1 Å². The Kier molecular flexibility index (Phi) is 3.93. The average molecular weight is 393 g/mol. The van der Waals surface area contributed by atoms with Crippen LogP contribution >= 0.6 is 15.9 Å². The second kappa shape index (κ2) is 6.26. The number of aliphatic imine (C=N–C) groups is 1. The van der Waals surface area contributed by atoms with Crippen molar-refractivity contribution in [3.63, 3.8) is 0 Å². The molecule has 122 valence electrons. The van der Waals surface area contributed by atoms with Gasteiger partial charge in [-0.05, 0) is 52.1 Å². The largest absolute Gasteiger partial charge is 0.269 e. The van der Waals surface area contributed by atoms with Gasteiger partial charge in [-0.25, -0.2) is 0 Å². The van der Waals surface area contributed by atoms with E-state index in [1.807, 2.05) is 18.2 Å². The molecule has 0 radical (unpaired) electrons. The third-order valence-electron chi connectivity index (χ3n) is 4.30. The van der Waals surface area contributed by atoms with Crippen LogP contribution < -0.4 is 0 Å². The Hall–Kier alpha value is -2.79. The van der Waals surface area contributed by atoms with Crippen molar-refractivity contribution in [1.82, 2.24) is 0 Å². The van der Waals surface area contributed by atoms with Gasteiger partial charge >= 0.3 is 0 Å². The molecule has 0 saturated carbocycles. The lowest BCUT2D eigenvalue weighted by Crippen LogP contribution is -1.88. The van der Waals surface area contributed by atoms with E-state index in [0.29, 0.717) is 0 Å². The molecule has 0 bridgehead atoms. The van der Waals surface area contributed by atoms with Crippen molar-refractivity contribution in [2.45, 2.75) is 4.83 Å². The highest BCUT2D eigenvalue weighted by molar-refractivity contribution is 9.09. The molecule has 3 aromatic carbocycles. The number of alkyl halides is 1. The maximum Gasteiger partial charge on any atom is 0.269 e. The molecule has 0 aromatic heterocycles. The maximum absolute atomic E-state index is 10.7. The third-order valence-corrected chi connectivity index (χ3v) is 5.29. The summed E-state index contributed by atoms with van der Waals surface area (Å²) in [6, 6.07) is 20.9. The van der Waals surface area contributed by atoms with Crippen molar-refractivity contribution in [3.05, 3.63) is 93.5 Å². The Morgan fingerprint density at radius 2 is 1.68 bits per heavy atom. The number of nitro groups is 1. The molecule has 0 fully saturated rings. The zero-order chi connectivity index (χ0) is 17.4. The van der Waals surface area contributed by atoms with Gasteiger partial charge in [-0.1, -0.05) is 46.3 Å². The molecule has 1 atom stereocenters. The standard InChI is InChI=1S/C20H13BrN2O2/c21-20-18-4-2-1-3-16(18)17-10-7-14(11-19(17)20)22-12-13-5-8-15(9-6-13)23(24)25/h1-12,20H. The topological polar surface area (TPSA) is 55.5 Å². The average Bonchev–Trinajstić information content (AvgIpc) is 2.93. The van der Waals surface area contributed by atoms with Crippen LogP contribution in [0.3, 0.4) is 0 Å². The fraction of sp³-hybridized carbons (Fsp3) is 0.0500. The van der Waals surface area contributed by atoms with Crippen molar-refractivity contribution in [2.24, 2.45) is 4.99 Å². The number of halogens is 1. The van der Waals surface area contributed by atoms with Crippen LogP contribution in [0.5, 0.6) is 0 Å². The lowest BCUT2D eigenvalue weighted by molar-refractivity contribution is -0.384. The van der Waals surface area contributed by atoms with E-state index in [4.69, 9.17) is 0 Å². The van der Waals surface area contributed by atoms with E-state index in [0.717, 1.165) is 11.3 Å². The molecular formula is C20H13BrN2O2. The summed E-state index contributed by atoms with van der Waals surface area (Å²) in [6.07, 6.45) is 1.72.